The summed E-state index contributed by atoms with van der Waals surface area (Å²) >= 11 is 6.35. The highest BCUT2D eigenvalue weighted by molar-refractivity contribution is 6.32. The van der Waals surface area contributed by atoms with E-state index in [1.54, 1.807) is 11.2 Å². The number of hydrazine groups is 1. The van der Waals surface area contributed by atoms with Gasteiger partial charge in [0.25, 0.3) is 0 Å². The Morgan fingerprint density at radius 3 is 2.65 bits per heavy atom. The average molecular weight is 384 g/mol. The van der Waals surface area contributed by atoms with Gasteiger partial charge in [0.15, 0.2) is 0 Å². The number of carbonyl (C=O) groups is 1. The van der Waals surface area contributed by atoms with Crippen LogP contribution in [0.3, 0.4) is 0 Å². The standard InChI is InChI=1S/C17H20ClF2N5O/c1-23(2)7-6-22-24-9-12(18)11-8-21-17(26)25(15(11)10-24)16-13(19)4-3-5-14(16)20/h3-5,9,22H,6-8,10H2,1-2H3,(H,21,26). The molecule has 0 spiro atoms. The van der Waals surface area contributed by atoms with Gasteiger partial charge in [0, 0.05) is 31.4 Å². The topological polar surface area (TPSA) is 50.9 Å². The molecule has 2 heterocycles. The molecule has 1 aromatic rings. The first kappa shape index (κ1) is 18.6. The number of rotatable bonds is 5. The third-order valence-electron chi connectivity index (χ3n) is 4.15. The summed E-state index contributed by atoms with van der Waals surface area (Å²) in [6.07, 6.45) is 1.71. The van der Waals surface area contributed by atoms with Crippen LogP contribution < -0.4 is 15.6 Å². The monoisotopic (exact) mass is 383 g/mol. The summed E-state index contributed by atoms with van der Waals surface area (Å²) in [6.45, 7) is 1.90. The Bertz CT molecular complexity index is 760. The quantitative estimate of drug-likeness (QED) is 0.818. The molecule has 0 unspecified atom stereocenters. The van der Waals surface area contributed by atoms with E-state index in [1.807, 2.05) is 19.0 Å². The Morgan fingerprint density at radius 2 is 2.00 bits per heavy atom. The van der Waals surface area contributed by atoms with Crippen LogP contribution in [-0.4, -0.2) is 56.2 Å². The number of likely N-dealkylation sites (N-methyl/N-ethyl adjacent to an activating group) is 1. The van der Waals surface area contributed by atoms with Crippen molar-refractivity contribution < 1.29 is 13.6 Å². The Balaban J connectivity index is 1.92. The molecule has 0 fully saturated rings. The van der Waals surface area contributed by atoms with Gasteiger partial charge in [-0.3, -0.25) is 4.90 Å². The van der Waals surface area contributed by atoms with Crippen molar-refractivity contribution in [3.8, 4) is 0 Å². The van der Waals surface area contributed by atoms with Crippen LogP contribution in [0.1, 0.15) is 0 Å². The van der Waals surface area contributed by atoms with Gasteiger partial charge in [0.05, 0.1) is 17.3 Å². The van der Waals surface area contributed by atoms with Crippen LogP contribution in [0, 0.1) is 11.6 Å². The molecule has 0 saturated carbocycles. The molecule has 0 radical (unpaired) electrons. The molecular weight excluding hydrogens is 364 g/mol. The first-order valence-corrected chi connectivity index (χ1v) is 8.53. The van der Waals surface area contributed by atoms with Crippen molar-refractivity contribution >= 4 is 23.3 Å². The Hall–Kier alpha value is -2.16. The molecular formula is C17H20ClF2N5O. The minimum Gasteiger partial charge on any atom is -0.333 e. The van der Waals surface area contributed by atoms with Gasteiger partial charge in [-0.2, -0.15) is 0 Å². The average Bonchev–Trinajstić information content (AvgIpc) is 2.56. The molecule has 6 nitrogen and oxygen atoms in total. The van der Waals surface area contributed by atoms with E-state index in [1.165, 1.54) is 6.07 Å². The van der Waals surface area contributed by atoms with Crippen molar-refractivity contribution in [1.82, 2.24) is 20.7 Å². The van der Waals surface area contributed by atoms with E-state index in [-0.39, 0.29) is 13.1 Å². The first-order valence-electron chi connectivity index (χ1n) is 8.15. The van der Waals surface area contributed by atoms with E-state index in [4.69, 9.17) is 11.6 Å². The number of hydrogen-bond donors (Lipinski definition) is 2. The second-order valence-corrected chi connectivity index (χ2v) is 6.71. The van der Waals surface area contributed by atoms with Crippen molar-refractivity contribution in [3.63, 3.8) is 0 Å². The van der Waals surface area contributed by atoms with Gasteiger partial charge in [-0.25, -0.2) is 19.0 Å². The predicted octanol–water partition coefficient (Wildman–Crippen LogP) is 2.21. The van der Waals surface area contributed by atoms with Crippen LogP contribution in [-0.2, 0) is 0 Å². The summed E-state index contributed by atoms with van der Waals surface area (Å²) in [5.41, 5.74) is 3.86. The lowest BCUT2D eigenvalue weighted by Gasteiger charge is -2.38. The summed E-state index contributed by atoms with van der Waals surface area (Å²) in [6, 6.07) is 2.91. The van der Waals surface area contributed by atoms with Crippen LogP contribution in [0.4, 0.5) is 19.3 Å². The lowest BCUT2D eigenvalue weighted by Crippen LogP contribution is -2.52. The maximum atomic E-state index is 14.3. The highest BCUT2D eigenvalue weighted by Crippen LogP contribution is 2.34. The molecule has 2 aliphatic rings. The fourth-order valence-corrected chi connectivity index (χ4v) is 3.16. The summed E-state index contributed by atoms with van der Waals surface area (Å²) < 4.78 is 28.6. The maximum Gasteiger partial charge on any atom is 0.326 e. The molecule has 0 aliphatic carbocycles. The summed E-state index contributed by atoms with van der Waals surface area (Å²) in [5.74, 6) is -1.63. The smallest absolute Gasteiger partial charge is 0.326 e. The number of amides is 2. The molecule has 2 amide bonds. The Kier molecular flexibility index (Phi) is 5.45. The van der Waals surface area contributed by atoms with Gasteiger partial charge >= 0.3 is 6.03 Å². The fourth-order valence-electron chi connectivity index (χ4n) is 2.87. The molecule has 0 saturated heterocycles. The second-order valence-electron chi connectivity index (χ2n) is 6.31. The molecule has 1 aromatic carbocycles. The molecule has 26 heavy (non-hydrogen) atoms. The molecule has 2 N–H and O–H groups in total. The normalized spacial score (nSPS) is 17.5. The van der Waals surface area contributed by atoms with Crippen molar-refractivity contribution in [2.75, 3.05) is 45.2 Å². The van der Waals surface area contributed by atoms with Crippen LogP contribution in [0.25, 0.3) is 0 Å². The van der Waals surface area contributed by atoms with Gasteiger partial charge in [0.1, 0.15) is 17.3 Å². The molecule has 0 aromatic heterocycles. The highest BCUT2D eigenvalue weighted by Gasteiger charge is 2.35. The molecule has 3 rings (SSSR count). The number of halogens is 3. The maximum absolute atomic E-state index is 14.3. The predicted molar refractivity (Wildman–Crippen MR) is 96.5 cm³/mol. The number of carbonyl (C=O) groups excluding carboxylic acids is 1. The van der Waals surface area contributed by atoms with Gasteiger partial charge in [0.2, 0.25) is 0 Å². The van der Waals surface area contributed by atoms with Crippen LogP contribution >= 0.6 is 11.6 Å². The lowest BCUT2D eigenvalue weighted by atomic mass is 10.1. The SMILES string of the molecule is CN(C)CCNN1C=C(Cl)C2=C(C1)N(c1c(F)cccc1F)C(=O)NC2. The minimum atomic E-state index is -0.813. The molecule has 140 valence electrons. The molecule has 0 atom stereocenters. The molecule has 0 bridgehead atoms. The third kappa shape index (κ3) is 3.67. The van der Waals surface area contributed by atoms with Crippen molar-refractivity contribution in [1.29, 1.82) is 0 Å². The zero-order chi connectivity index (χ0) is 18.8. The van der Waals surface area contributed by atoms with Crippen LogP contribution in [0.5, 0.6) is 0 Å². The summed E-state index contributed by atoms with van der Waals surface area (Å²) in [5, 5.41) is 4.74. The van der Waals surface area contributed by atoms with E-state index >= 15 is 0 Å². The number of nitrogens with one attached hydrogen (secondary N) is 2. The number of hydrogen-bond acceptors (Lipinski definition) is 4. The van der Waals surface area contributed by atoms with Crippen molar-refractivity contribution in [2.45, 2.75) is 0 Å². The van der Waals surface area contributed by atoms with E-state index in [0.29, 0.717) is 22.8 Å². The first-order chi connectivity index (χ1) is 12.4. The number of urea groups is 1. The van der Waals surface area contributed by atoms with Gasteiger partial charge in [-0.05, 0) is 26.2 Å². The summed E-state index contributed by atoms with van der Waals surface area (Å²) in [4.78, 5) is 15.5. The van der Waals surface area contributed by atoms with E-state index < -0.39 is 23.4 Å². The largest absolute Gasteiger partial charge is 0.333 e. The van der Waals surface area contributed by atoms with Crippen LogP contribution in [0.2, 0.25) is 0 Å². The Morgan fingerprint density at radius 1 is 1.31 bits per heavy atom. The van der Waals surface area contributed by atoms with Crippen molar-refractivity contribution in [3.05, 3.63) is 52.3 Å². The number of anilines is 1. The van der Waals surface area contributed by atoms with Gasteiger partial charge in [-0.1, -0.05) is 17.7 Å². The number of nitrogens with zero attached hydrogens (tertiary/aromatic N) is 3. The lowest BCUT2D eigenvalue weighted by molar-refractivity contribution is 0.240. The number of benzene rings is 1. The van der Waals surface area contributed by atoms with Crippen LogP contribution in [0.15, 0.2) is 40.7 Å². The van der Waals surface area contributed by atoms with E-state index in [9.17, 15) is 13.6 Å². The molecule has 9 heteroatoms. The van der Waals surface area contributed by atoms with E-state index in [0.717, 1.165) is 23.6 Å². The van der Waals surface area contributed by atoms with Gasteiger partial charge in [-0.15, -0.1) is 0 Å². The van der Waals surface area contributed by atoms with Crippen molar-refractivity contribution in [2.24, 2.45) is 0 Å². The zero-order valence-corrected chi connectivity index (χ0v) is 15.3. The Labute approximate surface area is 155 Å². The fraction of sp³-hybridized carbons (Fsp3) is 0.353. The van der Waals surface area contributed by atoms with Gasteiger partial charge < -0.3 is 15.2 Å². The number of para-hydroxylation sites is 1. The zero-order valence-electron chi connectivity index (χ0n) is 14.5. The summed E-state index contributed by atoms with van der Waals surface area (Å²) in [7, 11) is 3.91. The van der Waals surface area contributed by atoms with E-state index in [2.05, 4.69) is 10.7 Å². The highest BCUT2D eigenvalue weighted by atomic mass is 35.5. The molecule has 2 aliphatic heterocycles. The second kappa shape index (κ2) is 7.61. The minimum absolute atomic E-state index is 0.210. The third-order valence-corrected chi connectivity index (χ3v) is 4.48.